The monoisotopic (exact) mass is 582 g/mol. The first kappa shape index (κ1) is 26.3. The van der Waals surface area contributed by atoms with Crippen LogP contribution >= 0.6 is 0 Å². The molecule has 0 spiro atoms. The molecule has 2 heteroatoms. The summed E-state index contributed by atoms with van der Waals surface area (Å²) in [6.07, 6.45) is 0.949. The summed E-state index contributed by atoms with van der Waals surface area (Å²) in [5, 5.41) is 4.73. The van der Waals surface area contributed by atoms with Gasteiger partial charge < -0.3 is 8.83 Å². The van der Waals surface area contributed by atoms with Crippen molar-refractivity contribution >= 4 is 43.9 Å². The molecule has 218 valence electrons. The third kappa shape index (κ3) is 3.88. The van der Waals surface area contributed by atoms with E-state index in [0.29, 0.717) is 11.8 Å². The van der Waals surface area contributed by atoms with Crippen molar-refractivity contribution in [2.24, 2.45) is 0 Å². The molecule has 0 unspecified atom stereocenters. The predicted octanol–water partition coefficient (Wildman–Crippen LogP) is 12.6. The van der Waals surface area contributed by atoms with Crippen LogP contribution in [0, 0.1) is 0 Å². The molecule has 1 aliphatic rings. The summed E-state index contributed by atoms with van der Waals surface area (Å²) in [6, 6.07) is 40.0. The van der Waals surface area contributed by atoms with Crippen LogP contribution < -0.4 is 0 Å². The first-order valence-electron chi connectivity index (χ1n) is 16.1. The minimum atomic E-state index is 0.395. The highest BCUT2D eigenvalue weighted by Gasteiger charge is 2.23. The summed E-state index contributed by atoms with van der Waals surface area (Å²) >= 11 is 0. The number of para-hydroxylation sites is 4. The van der Waals surface area contributed by atoms with Crippen LogP contribution in [0.25, 0.3) is 77.3 Å². The van der Waals surface area contributed by atoms with Gasteiger partial charge in [0.1, 0.15) is 22.3 Å². The Kier molecular flexibility index (Phi) is 5.68. The fourth-order valence-corrected chi connectivity index (χ4v) is 7.55. The van der Waals surface area contributed by atoms with Crippen molar-refractivity contribution < 1.29 is 8.83 Å². The third-order valence-corrected chi connectivity index (χ3v) is 9.87. The zero-order valence-corrected chi connectivity index (χ0v) is 26.1. The molecule has 0 aliphatic heterocycles. The minimum absolute atomic E-state index is 0.395. The first-order valence-corrected chi connectivity index (χ1v) is 16.1. The van der Waals surface area contributed by atoms with Crippen molar-refractivity contribution in [2.75, 3.05) is 0 Å². The van der Waals surface area contributed by atoms with E-state index >= 15 is 0 Å². The highest BCUT2D eigenvalue weighted by Crippen LogP contribution is 2.45. The molecular formula is C43H34O2. The van der Waals surface area contributed by atoms with E-state index in [1.54, 1.807) is 0 Å². The highest BCUT2D eigenvalue weighted by atomic mass is 16.3. The Labute approximate surface area is 262 Å². The van der Waals surface area contributed by atoms with E-state index in [-0.39, 0.29) is 0 Å². The SMILES string of the molecule is CC(C)c1cccc2c1oc1c(-c3ccc4c(c3)-c3cc(-c5cccc6c5oc5c(C(C)C)cccc56)ccc3C4)cccc12. The van der Waals surface area contributed by atoms with Crippen LogP contribution in [0.3, 0.4) is 0 Å². The summed E-state index contributed by atoms with van der Waals surface area (Å²) in [5.41, 5.74) is 16.4. The standard InChI is InChI=1S/C43H34O2/c1-24(2)30-9-5-13-34-36-15-7-11-32(42(36)44-40(30)34)28-19-17-26-21-27-18-20-29(23-39(27)38(26)22-28)33-12-8-16-37-35-14-6-10-31(25(3)4)41(35)45-43(33)37/h5-20,22-25H,21H2,1-4H3. The van der Waals surface area contributed by atoms with Gasteiger partial charge in [-0.1, -0.05) is 125 Å². The fraction of sp³-hybridized carbons (Fsp3) is 0.163. The van der Waals surface area contributed by atoms with Gasteiger partial charge in [-0.2, -0.15) is 0 Å². The van der Waals surface area contributed by atoms with E-state index in [9.17, 15) is 0 Å². The summed E-state index contributed by atoms with van der Waals surface area (Å²) in [4.78, 5) is 0. The van der Waals surface area contributed by atoms with E-state index in [1.807, 2.05) is 0 Å². The molecule has 8 aromatic rings. The normalized spacial score (nSPS) is 12.8. The molecule has 9 rings (SSSR count). The van der Waals surface area contributed by atoms with Gasteiger partial charge in [0.05, 0.1) is 0 Å². The molecule has 0 N–H and O–H groups in total. The van der Waals surface area contributed by atoms with Crippen LogP contribution in [0.15, 0.2) is 118 Å². The fourth-order valence-electron chi connectivity index (χ4n) is 7.55. The van der Waals surface area contributed by atoms with Crippen LogP contribution in [-0.4, -0.2) is 0 Å². The van der Waals surface area contributed by atoms with Gasteiger partial charge in [-0.25, -0.2) is 0 Å². The predicted molar refractivity (Wildman–Crippen MR) is 188 cm³/mol. The van der Waals surface area contributed by atoms with Crippen LogP contribution in [0.2, 0.25) is 0 Å². The minimum Gasteiger partial charge on any atom is -0.455 e. The van der Waals surface area contributed by atoms with Crippen LogP contribution in [0.1, 0.15) is 61.8 Å². The summed E-state index contributed by atoms with van der Waals surface area (Å²) < 4.78 is 13.3. The molecule has 0 bridgehead atoms. The summed E-state index contributed by atoms with van der Waals surface area (Å²) in [7, 11) is 0. The average Bonchev–Trinajstić information content (AvgIpc) is 3.74. The van der Waals surface area contributed by atoms with E-state index in [4.69, 9.17) is 8.83 Å². The lowest BCUT2D eigenvalue weighted by Crippen LogP contribution is -1.86. The van der Waals surface area contributed by atoms with Gasteiger partial charge in [-0.05, 0) is 74.9 Å². The molecule has 1 aliphatic carbocycles. The van der Waals surface area contributed by atoms with Crippen molar-refractivity contribution in [2.45, 2.75) is 46.0 Å². The van der Waals surface area contributed by atoms with Crippen molar-refractivity contribution in [3.05, 3.63) is 131 Å². The van der Waals surface area contributed by atoms with Gasteiger partial charge in [0, 0.05) is 32.7 Å². The number of rotatable bonds is 4. The quantitative estimate of drug-likeness (QED) is 0.206. The molecule has 0 amide bonds. The van der Waals surface area contributed by atoms with Crippen molar-refractivity contribution in [3.63, 3.8) is 0 Å². The van der Waals surface area contributed by atoms with E-state index in [2.05, 4.69) is 137 Å². The molecule has 6 aromatic carbocycles. The number of hydrogen-bond donors (Lipinski definition) is 0. The topological polar surface area (TPSA) is 26.3 Å². The van der Waals surface area contributed by atoms with Crippen molar-refractivity contribution in [1.29, 1.82) is 0 Å². The first-order chi connectivity index (χ1) is 22.0. The van der Waals surface area contributed by atoms with Crippen LogP contribution in [0.5, 0.6) is 0 Å². The zero-order valence-electron chi connectivity index (χ0n) is 26.1. The van der Waals surface area contributed by atoms with Gasteiger partial charge in [0.15, 0.2) is 0 Å². The average molecular weight is 583 g/mol. The Balaban J connectivity index is 1.19. The highest BCUT2D eigenvalue weighted by molar-refractivity contribution is 6.12. The van der Waals surface area contributed by atoms with E-state index < -0.39 is 0 Å². The maximum atomic E-state index is 6.67. The lowest BCUT2D eigenvalue weighted by atomic mass is 9.94. The zero-order chi connectivity index (χ0) is 30.4. The summed E-state index contributed by atoms with van der Waals surface area (Å²) in [6.45, 7) is 8.92. The molecule has 0 saturated carbocycles. The number of fused-ring (bicyclic) bond motifs is 9. The van der Waals surface area contributed by atoms with Crippen LogP contribution in [0.4, 0.5) is 0 Å². The molecule has 0 fully saturated rings. The second-order valence-electron chi connectivity index (χ2n) is 13.2. The maximum Gasteiger partial charge on any atom is 0.143 e. The van der Waals surface area contributed by atoms with Gasteiger partial charge in [-0.3, -0.25) is 0 Å². The van der Waals surface area contributed by atoms with Crippen LogP contribution in [-0.2, 0) is 6.42 Å². The molecular weight excluding hydrogens is 548 g/mol. The van der Waals surface area contributed by atoms with Crippen molar-refractivity contribution in [3.8, 4) is 33.4 Å². The molecule has 45 heavy (non-hydrogen) atoms. The Bertz CT molecular complexity index is 2290. The van der Waals surface area contributed by atoms with E-state index in [0.717, 1.165) is 39.9 Å². The number of furan rings is 2. The number of hydrogen-bond acceptors (Lipinski definition) is 2. The Hall–Kier alpha value is -5.08. The second kappa shape index (κ2) is 9.71. The van der Waals surface area contributed by atoms with Gasteiger partial charge in [-0.15, -0.1) is 0 Å². The maximum absolute atomic E-state index is 6.67. The molecule has 0 atom stereocenters. The summed E-state index contributed by atoms with van der Waals surface area (Å²) in [5.74, 6) is 0.789. The second-order valence-corrected chi connectivity index (χ2v) is 13.2. The van der Waals surface area contributed by atoms with Gasteiger partial charge in [0.25, 0.3) is 0 Å². The lowest BCUT2D eigenvalue weighted by molar-refractivity contribution is 0.657. The van der Waals surface area contributed by atoms with E-state index in [1.165, 1.54) is 66.1 Å². The lowest BCUT2D eigenvalue weighted by Gasteiger charge is -2.09. The molecule has 2 nitrogen and oxygen atoms in total. The molecule has 2 heterocycles. The van der Waals surface area contributed by atoms with Crippen molar-refractivity contribution in [1.82, 2.24) is 0 Å². The molecule has 0 saturated heterocycles. The smallest absolute Gasteiger partial charge is 0.143 e. The Morgan fingerprint density at radius 2 is 0.822 bits per heavy atom. The molecule has 2 aromatic heterocycles. The van der Waals surface area contributed by atoms with Gasteiger partial charge in [0.2, 0.25) is 0 Å². The third-order valence-electron chi connectivity index (χ3n) is 9.87. The molecule has 0 radical (unpaired) electrons. The largest absolute Gasteiger partial charge is 0.455 e. The number of benzene rings is 6. The Morgan fingerprint density at radius 3 is 1.24 bits per heavy atom. The Morgan fingerprint density at radius 1 is 0.422 bits per heavy atom. The van der Waals surface area contributed by atoms with Gasteiger partial charge >= 0.3 is 0 Å².